The fraction of sp³-hybridized carbons (Fsp3) is 0.429. The minimum Gasteiger partial charge on any atom is -0.459 e. The molecule has 1 aromatic heterocycles. The molecule has 3 nitrogen and oxygen atoms in total. The zero-order valence-electron chi connectivity index (χ0n) is 10.3. The number of hydrogen-bond donors (Lipinski definition) is 2. The Kier molecular flexibility index (Phi) is 3.82. The van der Waals surface area contributed by atoms with Crippen LogP contribution >= 0.6 is 0 Å². The first-order valence-electron chi connectivity index (χ1n) is 6.06. The number of furan rings is 1. The van der Waals surface area contributed by atoms with E-state index in [9.17, 15) is 0 Å². The molecular weight excluding hydrogens is 214 g/mol. The third-order valence-electron chi connectivity index (χ3n) is 2.97. The lowest BCUT2D eigenvalue weighted by Gasteiger charge is -2.17. The number of rotatable bonds is 5. The molecule has 0 bridgehead atoms. The number of nitrogens with one attached hydrogen (secondary N) is 1. The third kappa shape index (κ3) is 2.87. The van der Waals surface area contributed by atoms with Gasteiger partial charge in [0.1, 0.15) is 11.3 Å². The Morgan fingerprint density at radius 3 is 2.76 bits per heavy atom. The van der Waals surface area contributed by atoms with Gasteiger partial charge in [-0.25, -0.2) is 0 Å². The monoisotopic (exact) mass is 233 g/mol. The summed E-state index contributed by atoms with van der Waals surface area (Å²) in [5.41, 5.74) is 0.922. The van der Waals surface area contributed by atoms with Gasteiger partial charge in [0.05, 0.1) is 6.04 Å². The standard InChI is InChI=1S/C14H19NO2/c1-10(7-8-16)15-11(2)14-9-12-5-3-4-6-13(12)17-14/h3-6,9-11,15-16H,7-8H2,1-2H3. The zero-order chi connectivity index (χ0) is 12.3. The summed E-state index contributed by atoms with van der Waals surface area (Å²) in [5, 5.41) is 13.4. The lowest BCUT2D eigenvalue weighted by molar-refractivity contribution is 0.261. The first kappa shape index (κ1) is 12.1. The van der Waals surface area contributed by atoms with Crippen LogP contribution in [0.15, 0.2) is 34.7 Å². The van der Waals surface area contributed by atoms with Crippen molar-refractivity contribution in [1.82, 2.24) is 5.32 Å². The molecule has 0 spiro atoms. The average molecular weight is 233 g/mol. The summed E-state index contributed by atoms with van der Waals surface area (Å²) < 4.78 is 5.78. The van der Waals surface area contributed by atoms with Crippen LogP contribution in [0.25, 0.3) is 11.0 Å². The Hall–Kier alpha value is -1.32. The quantitative estimate of drug-likeness (QED) is 0.834. The van der Waals surface area contributed by atoms with Crippen molar-refractivity contribution in [2.75, 3.05) is 6.61 Å². The van der Waals surface area contributed by atoms with Crippen molar-refractivity contribution in [3.8, 4) is 0 Å². The second-order valence-corrected chi connectivity index (χ2v) is 4.49. The van der Waals surface area contributed by atoms with Crippen LogP contribution < -0.4 is 5.32 Å². The van der Waals surface area contributed by atoms with E-state index < -0.39 is 0 Å². The Morgan fingerprint density at radius 2 is 2.06 bits per heavy atom. The zero-order valence-corrected chi connectivity index (χ0v) is 10.3. The first-order chi connectivity index (χ1) is 8.20. The van der Waals surface area contributed by atoms with Crippen LogP contribution in [0.1, 0.15) is 32.1 Å². The molecule has 1 aromatic carbocycles. The summed E-state index contributed by atoms with van der Waals surface area (Å²) in [4.78, 5) is 0. The molecule has 2 aromatic rings. The maximum absolute atomic E-state index is 8.87. The lowest BCUT2D eigenvalue weighted by Crippen LogP contribution is -2.29. The van der Waals surface area contributed by atoms with Crippen molar-refractivity contribution >= 4 is 11.0 Å². The number of para-hydroxylation sites is 1. The normalized spacial score (nSPS) is 15.0. The van der Waals surface area contributed by atoms with Crippen molar-refractivity contribution in [3.63, 3.8) is 0 Å². The van der Waals surface area contributed by atoms with Crippen molar-refractivity contribution in [2.24, 2.45) is 0 Å². The van der Waals surface area contributed by atoms with Crippen LogP contribution in [-0.4, -0.2) is 17.8 Å². The van der Waals surface area contributed by atoms with Crippen molar-refractivity contribution < 1.29 is 9.52 Å². The summed E-state index contributed by atoms with van der Waals surface area (Å²) in [6, 6.07) is 10.5. The van der Waals surface area contributed by atoms with Crippen LogP contribution in [-0.2, 0) is 0 Å². The van der Waals surface area contributed by atoms with Crippen molar-refractivity contribution in [3.05, 3.63) is 36.1 Å². The molecule has 92 valence electrons. The van der Waals surface area contributed by atoms with E-state index in [0.717, 1.165) is 23.2 Å². The van der Waals surface area contributed by atoms with E-state index in [1.54, 1.807) is 0 Å². The molecule has 0 radical (unpaired) electrons. The molecule has 0 aliphatic carbocycles. The predicted octanol–water partition coefficient (Wildman–Crippen LogP) is 2.85. The van der Waals surface area contributed by atoms with Crippen molar-refractivity contribution in [1.29, 1.82) is 0 Å². The summed E-state index contributed by atoms with van der Waals surface area (Å²) in [6.45, 7) is 4.35. The molecule has 0 fully saturated rings. The largest absolute Gasteiger partial charge is 0.459 e. The van der Waals surface area contributed by atoms with E-state index >= 15 is 0 Å². The van der Waals surface area contributed by atoms with Gasteiger partial charge >= 0.3 is 0 Å². The first-order valence-corrected chi connectivity index (χ1v) is 6.06. The predicted molar refractivity (Wildman–Crippen MR) is 68.9 cm³/mol. The van der Waals surface area contributed by atoms with Crippen LogP contribution in [0, 0.1) is 0 Å². The molecule has 2 N–H and O–H groups in total. The lowest BCUT2D eigenvalue weighted by atomic mass is 10.1. The molecule has 1 heterocycles. The number of aliphatic hydroxyl groups excluding tert-OH is 1. The molecule has 0 aliphatic rings. The highest BCUT2D eigenvalue weighted by molar-refractivity contribution is 5.77. The topological polar surface area (TPSA) is 45.4 Å². The molecule has 17 heavy (non-hydrogen) atoms. The number of fused-ring (bicyclic) bond motifs is 1. The molecule has 3 heteroatoms. The van der Waals surface area contributed by atoms with Crippen LogP contribution in [0.5, 0.6) is 0 Å². The minimum absolute atomic E-state index is 0.156. The van der Waals surface area contributed by atoms with Crippen molar-refractivity contribution in [2.45, 2.75) is 32.4 Å². The summed E-state index contributed by atoms with van der Waals surface area (Å²) in [7, 11) is 0. The highest BCUT2D eigenvalue weighted by Gasteiger charge is 2.13. The number of aliphatic hydroxyl groups is 1. The summed E-state index contributed by atoms with van der Waals surface area (Å²) in [5.74, 6) is 0.941. The molecule has 2 atom stereocenters. The third-order valence-corrected chi connectivity index (χ3v) is 2.97. The Labute approximate surface area is 101 Å². The molecule has 2 unspecified atom stereocenters. The SMILES string of the molecule is CC(CCO)NC(C)c1cc2ccccc2o1. The number of hydrogen-bond acceptors (Lipinski definition) is 3. The van der Waals surface area contributed by atoms with Gasteiger partial charge < -0.3 is 14.8 Å². The second-order valence-electron chi connectivity index (χ2n) is 4.49. The second kappa shape index (κ2) is 5.34. The van der Waals surface area contributed by atoms with Gasteiger partial charge in [0.2, 0.25) is 0 Å². The van der Waals surface area contributed by atoms with E-state index in [1.807, 2.05) is 24.3 Å². The maximum Gasteiger partial charge on any atom is 0.134 e. The minimum atomic E-state index is 0.156. The van der Waals surface area contributed by atoms with Gasteiger partial charge in [0.25, 0.3) is 0 Å². The smallest absolute Gasteiger partial charge is 0.134 e. The Morgan fingerprint density at radius 1 is 1.29 bits per heavy atom. The fourth-order valence-corrected chi connectivity index (χ4v) is 2.00. The van der Waals surface area contributed by atoms with Gasteiger partial charge in [-0.15, -0.1) is 0 Å². The van der Waals surface area contributed by atoms with E-state index in [-0.39, 0.29) is 18.7 Å². The van der Waals surface area contributed by atoms with Crippen LogP contribution in [0.2, 0.25) is 0 Å². The van der Waals surface area contributed by atoms with Gasteiger partial charge in [-0.05, 0) is 32.4 Å². The summed E-state index contributed by atoms with van der Waals surface area (Å²) in [6.07, 6.45) is 0.755. The van der Waals surface area contributed by atoms with E-state index in [1.165, 1.54) is 0 Å². The van der Waals surface area contributed by atoms with E-state index in [0.29, 0.717) is 0 Å². The highest BCUT2D eigenvalue weighted by atomic mass is 16.3. The average Bonchev–Trinajstić information content (AvgIpc) is 2.72. The van der Waals surface area contributed by atoms with Gasteiger partial charge in [0, 0.05) is 18.0 Å². The van der Waals surface area contributed by atoms with Gasteiger partial charge in [-0.2, -0.15) is 0 Å². The highest BCUT2D eigenvalue weighted by Crippen LogP contribution is 2.23. The van der Waals surface area contributed by atoms with Gasteiger partial charge in [-0.3, -0.25) is 0 Å². The molecule has 0 aliphatic heterocycles. The molecule has 0 saturated heterocycles. The molecule has 0 saturated carbocycles. The molecular formula is C14H19NO2. The van der Waals surface area contributed by atoms with E-state index in [4.69, 9.17) is 9.52 Å². The fourth-order valence-electron chi connectivity index (χ4n) is 2.00. The van der Waals surface area contributed by atoms with Gasteiger partial charge in [-0.1, -0.05) is 18.2 Å². The maximum atomic E-state index is 8.87. The Balaban J connectivity index is 2.10. The Bertz CT molecular complexity index is 445. The van der Waals surface area contributed by atoms with Gasteiger partial charge in [0.15, 0.2) is 0 Å². The van der Waals surface area contributed by atoms with E-state index in [2.05, 4.69) is 25.2 Å². The number of benzene rings is 1. The molecule has 2 rings (SSSR count). The van der Waals surface area contributed by atoms with Crippen LogP contribution in [0.4, 0.5) is 0 Å². The van der Waals surface area contributed by atoms with Crippen LogP contribution in [0.3, 0.4) is 0 Å². The molecule has 0 amide bonds. The summed E-state index contributed by atoms with van der Waals surface area (Å²) >= 11 is 0.